The lowest BCUT2D eigenvalue weighted by atomic mass is 10.3. The summed E-state index contributed by atoms with van der Waals surface area (Å²) in [4.78, 5) is 7.66. The molecule has 0 atom stereocenters. The van der Waals surface area contributed by atoms with Gasteiger partial charge in [0.25, 0.3) is 0 Å². The molecule has 0 saturated heterocycles. The molecule has 0 aromatic carbocycles. The Morgan fingerprint density at radius 3 is 2.40 bits per heavy atom. The zero-order valence-corrected chi connectivity index (χ0v) is 10.9. The summed E-state index contributed by atoms with van der Waals surface area (Å²) in [5.41, 5.74) is 0.393. The quantitative estimate of drug-likeness (QED) is 0.820. The van der Waals surface area contributed by atoms with E-state index >= 15 is 0 Å². The van der Waals surface area contributed by atoms with Gasteiger partial charge >= 0.3 is 12.1 Å². The molecule has 0 aliphatic carbocycles. The summed E-state index contributed by atoms with van der Waals surface area (Å²) in [6.45, 7) is 2.17. The van der Waals surface area contributed by atoms with E-state index < -0.39 is 18.7 Å². The van der Waals surface area contributed by atoms with Gasteiger partial charge in [0.05, 0.1) is 0 Å². The number of nitrogens with one attached hydrogen (secondary N) is 1. The van der Waals surface area contributed by atoms with Crippen LogP contribution in [0, 0.1) is 6.92 Å². The van der Waals surface area contributed by atoms with Crippen LogP contribution in [0.2, 0.25) is 0 Å². The maximum Gasteiger partial charge on any atom is 0.456 e. The van der Waals surface area contributed by atoms with Crippen molar-refractivity contribution in [1.29, 1.82) is 0 Å². The van der Waals surface area contributed by atoms with Gasteiger partial charge in [-0.15, -0.1) is 0 Å². The molecule has 114 valence electrons. The molecule has 0 aliphatic rings. The van der Waals surface area contributed by atoms with Crippen LogP contribution in [0.3, 0.4) is 0 Å². The number of rotatable bonds is 6. The van der Waals surface area contributed by atoms with Crippen molar-refractivity contribution in [1.82, 2.24) is 9.97 Å². The molecule has 1 heterocycles. The van der Waals surface area contributed by atoms with Gasteiger partial charge in [0.1, 0.15) is 0 Å². The van der Waals surface area contributed by atoms with Gasteiger partial charge in [0.2, 0.25) is 11.8 Å². The second kappa shape index (κ2) is 6.19. The molecule has 0 fully saturated rings. The highest BCUT2D eigenvalue weighted by molar-refractivity contribution is 5.30. The molecule has 0 amide bonds. The number of aryl methyl sites for hydroxylation is 1. The van der Waals surface area contributed by atoms with Gasteiger partial charge in [-0.3, -0.25) is 0 Å². The molecule has 20 heavy (non-hydrogen) atoms. The summed E-state index contributed by atoms with van der Waals surface area (Å²) >= 11 is 0. The minimum absolute atomic E-state index is 0.122. The molecule has 0 saturated carbocycles. The Kier molecular flexibility index (Phi) is 5.07. The maximum atomic E-state index is 12.7. The van der Waals surface area contributed by atoms with E-state index in [4.69, 9.17) is 0 Å². The minimum atomic E-state index is -5.65. The third kappa shape index (κ3) is 4.46. The summed E-state index contributed by atoms with van der Waals surface area (Å²) < 4.78 is 65.8. The van der Waals surface area contributed by atoms with E-state index in [0.717, 1.165) is 6.42 Å². The fourth-order valence-corrected chi connectivity index (χ4v) is 1.18. The second-order valence-electron chi connectivity index (χ2n) is 4.09. The molecule has 1 N–H and O–H groups in total. The van der Waals surface area contributed by atoms with Crippen LogP contribution < -0.4 is 10.1 Å². The lowest BCUT2D eigenvalue weighted by molar-refractivity contribution is -0.290. The first kappa shape index (κ1) is 16.4. The average molecular weight is 299 g/mol. The summed E-state index contributed by atoms with van der Waals surface area (Å²) in [5, 5.41) is 2.79. The zero-order chi connectivity index (χ0) is 15.4. The monoisotopic (exact) mass is 299 g/mol. The Morgan fingerprint density at radius 2 is 1.85 bits per heavy atom. The Hall–Kier alpha value is -1.67. The van der Waals surface area contributed by atoms with Crippen molar-refractivity contribution < 1.29 is 26.7 Å². The van der Waals surface area contributed by atoms with E-state index in [0.29, 0.717) is 12.2 Å². The van der Waals surface area contributed by atoms with Crippen LogP contribution >= 0.6 is 0 Å². The van der Waals surface area contributed by atoms with Crippen molar-refractivity contribution in [2.45, 2.75) is 32.4 Å². The number of aromatic nitrogens is 2. The van der Waals surface area contributed by atoms with Crippen molar-refractivity contribution in [2.75, 3.05) is 18.5 Å². The molecule has 0 spiro atoms. The number of alkyl halides is 5. The number of hydrogen-bond donors (Lipinski definition) is 1. The highest BCUT2D eigenvalue weighted by Crippen LogP contribution is 2.35. The standard InChI is InChI=1S/C11H14F5N3O/c1-3-4-17-9-18-7(2)5-8(19-9)20-6-10(12,13)11(14,15)16/h5H,3-4,6H2,1-2H3,(H,17,18,19). The van der Waals surface area contributed by atoms with Gasteiger partial charge in [-0.1, -0.05) is 6.92 Å². The highest BCUT2D eigenvalue weighted by atomic mass is 19.4. The fraction of sp³-hybridized carbons (Fsp3) is 0.636. The van der Waals surface area contributed by atoms with E-state index in [2.05, 4.69) is 20.0 Å². The van der Waals surface area contributed by atoms with E-state index in [1.54, 1.807) is 6.92 Å². The van der Waals surface area contributed by atoms with Crippen molar-refractivity contribution in [3.8, 4) is 5.88 Å². The SMILES string of the molecule is CCCNc1nc(C)cc(OCC(F)(F)C(F)(F)F)n1. The molecular weight excluding hydrogens is 285 g/mol. The first-order chi connectivity index (χ1) is 9.15. The molecular formula is C11H14F5N3O. The number of ether oxygens (including phenoxy) is 1. The molecule has 1 aromatic heterocycles. The molecule has 0 bridgehead atoms. The van der Waals surface area contributed by atoms with E-state index in [1.165, 1.54) is 6.07 Å². The minimum Gasteiger partial charge on any atom is -0.471 e. The van der Waals surface area contributed by atoms with E-state index in [-0.39, 0.29) is 11.8 Å². The van der Waals surface area contributed by atoms with Gasteiger partial charge in [-0.2, -0.15) is 26.9 Å². The lowest BCUT2D eigenvalue weighted by Gasteiger charge is -2.19. The van der Waals surface area contributed by atoms with Crippen LogP contribution in [-0.2, 0) is 0 Å². The summed E-state index contributed by atoms with van der Waals surface area (Å²) in [6.07, 6.45) is -4.88. The Balaban J connectivity index is 2.75. The first-order valence-electron chi connectivity index (χ1n) is 5.82. The maximum absolute atomic E-state index is 12.7. The lowest BCUT2D eigenvalue weighted by Crippen LogP contribution is -2.41. The third-order valence-electron chi connectivity index (χ3n) is 2.18. The number of anilines is 1. The normalized spacial score (nSPS) is 12.3. The van der Waals surface area contributed by atoms with E-state index in [9.17, 15) is 22.0 Å². The van der Waals surface area contributed by atoms with Crippen LogP contribution in [0.5, 0.6) is 5.88 Å². The van der Waals surface area contributed by atoms with Crippen LogP contribution in [-0.4, -0.2) is 35.2 Å². The number of hydrogen-bond acceptors (Lipinski definition) is 4. The number of halogens is 5. The zero-order valence-electron chi connectivity index (χ0n) is 10.9. The first-order valence-corrected chi connectivity index (χ1v) is 5.82. The van der Waals surface area contributed by atoms with Gasteiger partial charge in [-0.25, -0.2) is 4.98 Å². The Labute approximate surface area is 112 Å². The topological polar surface area (TPSA) is 47.0 Å². The Morgan fingerprint density at radius 1 is 1.20 bits per heavy atom. The predicted octanol–water partition coefficient (Wildman–Crippen LogP) is 3.18. The third-order valence-corrected chi connectivity index (χ3v) is 2.18. The summed E-state index contributed by atoms with van der Waals surface area (Å²) in [7, 11) is 0. The summed E-state index contributed by atoms with van der Waals surface area (Å²) in [6, 6.07) is 1.18. The van der Waals surface area contributed by atoms with Crippen molar-refractivity contribution >= 4 is 5.95 Å². The molecule has 4 nitrogen and oxygen atoms in total. The molecule has 0 radical (unpaired) electrons. The van der Waals surface area contributed by atoms with Crippen molar-refractivity contribution in [3.63, 3.8) is 0 Å². The second-order valence-corrected chi connectivity index (χ2v) is 4.09. The Bertz CT molecular complexity index is 450. The molecule has 0 unspecified atom stereocenters. The molecule has 9 heteroatoms. The van der Waals surface area contributed by atoms with Gasteiger partial charge < -0.3 is 10.1 Å². The molecule has 1 aromatic rings. The van der Waals surface area contributed by atoms with Crippen LogP contribution in [0.25, 0.3) is 0 Å². The van der Waals surface area contributed by atoms with Gasteiger partial charge in [0.15, 0.2) is 6.61 Å². The number of nitrogens with zero attached hydrogens (tertiary/aromatic N) is 2. The van der Waals surface area contributed by atoms with Crippen molar-refractivity contribution in [2.24, 2.45) is 0 Å². The highest BCUT2D eigenvalue weighted by Gasteiger charge is 2.58. The fourth-order valence-electron chi connectivity index (χ4n) is 1.18. The molecule has 1 rings (SSSR count). The average Bonchev–Trinajstić information content (AvgIpc) is 2.32. The largest absolute Gasteiger partial charge is 0.471 e. The predicted molar refractivity (Wildman–Crippen MR) is 62.0 cm³/mol. The van der Waals surface area contributed by atoms with Gasteiger partial charge in [0, 0.05) is 18.3 Å². The van der Waals surface area contributed by atoms with Crippen molar-refractivity contribution in [3.05, 3.63) is 11.8 Å². The smallest absolute Gasteiger partial charge is 0.456 e. The van der Waals surface area contributed by atoms with Crippen LogP contribution in [0.15, 0.2) is 6.07 Å². The van der Waals surface area contributed by atoms with Gasteiger partial charge in [-0.05, 0) is 13.3 Å². The van der Waals surface area contributed by atoms with E-state index in [1.807, 2.05) is 6.92 Å². The summed E-state index contributed by atoms with van der Waals surface area (Å²) in [5.74, 6) is -5.14. The molecule has 0 aliphatic heterocycles. The van der Waals surface area contributed by atoms with Crippen LogP contribution in [0.4, 0.5) is 27.9 Å². The van der Waals surface area contributed by atoms with Crippen LogP contribution in [0.1, 0.15) is 19.0 Å².